The Kier molecular flexibility index (Phi) is 5.88. The molecular formula is C20H16ClN3O3S3. The molecule has 4 rings (SSSR count). The molecule has 0 bridgehead atoms. The minimum Gasteiger partial charge on any atom is -0.497 e. The molecule has 0 aliphatic heterocycles. The lowest BCUT2D eigenvalue weighted by molar-refractivity contribution is 0.414. The summed E-state index contributed by atoms with van der Waals surface area (Å²) in [6.07, 6.45) is 3.61. The number of sulfonamides is 1. The van der Waals surface area contributed by atoms with Crippen LogP contribution >= 0.6 is 34.7 Å². The van der Waals surface area contributed by atoms with Crippen LogP contribution in [0.25, 0.3) is 21.3 Å². The van der Waals surface area contributed by atoms with E-state index in [0.29, 0.717) is 5.75 Å². The summed E-state index contributed by atoms with van der Waals surface area (Å²) in [4.78, 5) is 8.80. The van der Waals surface area contributed by atoms with Crippen molar-refractivity contribution in [2.45, 2.75) is 9.24 Å². The van der Waals surface area contributed by atoms with Gasteiger partial charge in [0.15, 0.2) is 9.49 Å². The first kappa shape index (κ1) is 20.9. The number of aromatic nitrogens is 2. The van der Waals surface area contributed by atoms with Crippen molar-refractivity contribution in [3.05, 3.63) is 59.9 Å². The van der Waals surface area contributed by atoms with Crippen LogP contribution in [0.4, 0.5) is 5.69 Å². The maximum atomic E-state index is 12.8. The monoisotopic (exact) mass is 477 g/mol. The number of anilines is 1. The topological polar surface area (TPSA) is 81.2 Å². The van der Waals surface area contributed by atoms with Gasteiger partial charge in [0.2, 0.25) is 0 Å². The summed E-state index contributed by atoms with van der Waals surface area (Å²) >= 11 is 9.38. The second-order valence-corrected chi connectivity index (χ2v) is 10.3. The van der Waals surface area contributed by atoms with E-state index in [9.17, 15) is 8.42 Å². The van der Waals surface area contributed by atoms with Crippen LogP contribution in [-0.4, -0.2) is 31.8 Å². The van der Waals surface area contributed by atoms with Crippen molar-refractivity contribution in [2.75, 3.05) is 18.1 Å². The van der Waals surface area contributed by atoms with Crippen molar-refractivity contribution in [3.8, 4) is 16.9 Å². The van der Waals surface area contributed by atoms with E-state index in [1.807, 2.05) is 24.5 Å². The molecule has 2 heterocycles. The molecule has 30 heavy (non-hydrogen) atoms. The van der Waals surface area contributed by atoms with Gasteiger partial charge in [-0.2, -0.15) is 0 Å². The highest BCUT2D eigenvalue weighted by atomic mass is 35.5. The molecule has 6 nitrogen and oxygen atoms in total. The summed E-state index contributed by atoms with van der Waals surface area (Å²) in [5, 5.41) is 0.0689. The van der Waals surface area contributed by atoms with E-state index in [2.05, 4.69) is 14.7 Å². The van der Waals surface area contributed by atoms with Crippen LogP contribution in [0.1, 0.15) is 0 Å². The predicted molar refractivity (Wildman–Crippen MR) is 123 cm³/mol. The van der Waals surface area contributed by atoms with Crippen molar-refractivity contribution < 1.29 is 13.2 Å². The number of nitrogens with one attached hydrogen (secondary N) is 1. The number of thioether (sulfide) groups is 1. The molecule has 0 spiro atoms. The maximum Gasteiger partial charge on any atom is 0.261 e. The average Bonchev–Trinajstić information content (AvgIpc) is 3.17. The molecule has 154 valence electrons. The molecule has 2 aromatic carbocycles. The van der Waals surface area contributed by atoms with E-state index in [0.717, 1.165) is 25.7 Å². The second-order valence-electron chi connectivity index (χ2n) is 6.21. The fourth-order valence-electron chi connectivity index (χ4n) is 2.81. The van der Waals surface area contributed by atoms with E-state index in [-0.39, 0.29) is 15.7 Å². The molecule has 0 aliphatic rings. The standard InChI is InChI=1S/C20H16ClN3O3S3/c1-27-14-4-6-15(7-5-14)30(25,26)24-17-9-13(11-22-19(17)21)12-3-8-16-18(10-12)29-20(23-16)28-2/h3-11,24H,1-2H3. The van der Waals surface area contributed by atoms with Crippen LogP contribution in [0.3, 0.4) is 0 Å². The van der Waals surface area contributed by atoms with Crippen LogP contribution < -0.4 is 9.46 Å². The summed E-state index contributed by atoms with van der Waals surface area (Å²) in [5.41, 5.74) is 2.77. The predicted octanol–water partition coefficient (Wildman–Crippen LogP) is 5.54. The molecule has 0 radical (unpaired) electrons. The number of rotatable bonds is 6. The Morgan fingerprint density at radius 1 is 1.10 bits per heavy atom. The smallest absolute Gasteiger partial charge is 0.261 e. The SMILES string of the molecule is COc1ccc(S(=O)(=O)Nc2cc(-c3ccc4nc(SC)sc4c3)cnc2Cl)cc1. The highest BCUT2D eigenvalue weighted by molar-refractivity contribution is 8.00. The number of pyridine rings is 1. The van der Waals surface area contributed by atoms with Crippen LogP contribution in [0.2, 0.25) is 5.15 Å². The Hall–Kier alpha value is -2.33. The first-order chi connectivity index (χ1) is 14.4. The number of halogens is 1. The van der Waals surface area contributed by atoms with Gasteiger partial charge in [-0.25, -0.2) is 18.4 Å². The highest BCUT2D eigenvalue weighted by Crippen LogP contribution is 2.33. The lowest BCUT2D eigenvalue weighted by Crippen LogP contribution is -2.13. The van der Waals surface area contributed by atoms with Gasteiger partial charge in [-0.3, -0.25) is 4.72 Å². The zero-order chi connectivity index (χ0) is 21.3. The molecule has 1 N–H and O–H groups in total. The molecule has 0 saturated carbocycles. The first-order valence-corrected chi connectivity index (χ1v) is 12.6. The second kappa shape index (κ2) is 8.43. The molecule has 0 unspecified atom stereocenters. The summed E-state index contributed by atoms with van der Waals surface area (Å²) in [5.74, 6) is 0.568. The van der Waals surface area contributed by atoms with Crippen molar-refractivity contribution in [1.29, 1.82) is 0 Å². The van der Waals surface area contributed by atoms with Gasteiger partial charge in [-0.1, -0.05) is 29.4 Å². The largest absolute Gasteiger partial charge is 0.497 e. The molecule has 4 aromatic rings. The van der Waals surface area contributed by atoms with E-state index >= 15 is 0 Å². The third kappa shape index (κ3) is 4.24. The van der Waals surface area contributed by atoms with Gasteiger partial charge in [0.25, 0.3) is 10.0 Å². The highest BCUT2D eigenvalue weighted by Gasteiger charge is 2.17. The lowest BCUT2D eigenvalue weighted by atomic mass is 10.1. The average molecular weight is 478 g/mol. The zero-order valence-corrected chi connectivity index (χ0v) is 19.1. The number of thiazole rings is 1. The Morgan fingerprint density at radius 2 is 1.87 bits per heavy atom. The molecule has 10 heteroatoms. The minimum atomic E-state index is -3.84. The van der Waals surface area contributed by atoms with Crippen molar-refractivity contribution >= 4 is 60.6 Å². The van der Waals surface area contributed by atoms with Gasteiger partial charge in [-0.05, 0) is 54.3 Å². The van der Waals surface area contributed by atoms with Crippen LogP contribution in [0.15, 0.2) is 64.0 Å². The number of hydrogen-bond acceptors (Lipinski definition) is 7. The van der Waals surface area contributed by atoms with Crippen LogP contribution in [0.5, 0.6) is 5.75 Å². The molecule has 0 amide bonds. The Balaban J connectivity index is 1.67. The quantitative estimate of drug-likeness (QED) is 0.290. The van der Waals surface area contributed by atoms with E-state index in [1.165, 1.54) is 19.2 Å². The zero-order valence-electron chi connectivity index (χ0n) is 15.9. The summed E-state index contributed by atoms with van der Waals surface area (Å²) in [6, 6.07) is 13.7. The fraction of sp³-hybridized carbons (Fsp3) is 0.100. The molecule has 0 fully saturated rings. The summed E-state index contributed by atoms with van der Waals surface area (Å²) < 4.78 is 35.2. The number of benzene rings is 2. The summed E-state index contributed by atoms with van der Waals surface area (Å²) in [7, 11) is -2.32. The molecule has 2 aromatic heterocycles. The Labute approximate surface area is 187 Å². The van der Waals surface area contributed by atoms with E-state index in [1.54, 1.807) is 47.5 Å². The van der Waals surface area contributed by atoms with Gasteiger partial charge >= 0.3 is 0 Å². The molecular weight excluding hydrogens is 462 g/mol. The Morgan fingerprint density at radius 3 is 2.57 bits per heavy atom. The van der Waals surface area contributed by atoms with Gasteiger partial charge in [-0.15, -0.1) is 11.3 Å². The van der Waals surface area contributed by atoms with Gasteiger partial charge in [0, 0.05) is 11.8 Å². The van der Waals surface area contributed by atoms with E-state index in [4.69, 9.17) is 16.3 Å². The van der Waals surface area contributed by atoms with Gasteiger partial charge < -0.3 is 4.74 Å². The molecule has 0 atom stereocenters. The third-order valence-electron chi connectivity index (χ3n) is 4.33. The molecule has 0 aliphatic carbocycles. The maximum absolute atomic E-state index is 12.8. The molecule has 0 saturated heterocycles. The van der Waals surface area contributed by atoms with Crippen molar-refractivity contribution in [1.82, 2.24) is 9.97 Å². The number of nitrogens with zero attached hydrogens (tertiary/aromatic N) is 2. The van der Waals surface area contributed by atoms with Crippen molar-refractivity contribution in [2.24, 2.45) is 0 Å². The third-order valence-corrected chi connectivity index (χ3v) is 8.02. The number of fused-ring (bicyclic) bond motifs is 1. The fourth-order valence-corrected chi connectivity index (χ4v) is 5.60. The Bertz CT molecular complexity index is 1320. The number of ether oxygens (including phenoxy) is 1. The number of methoxy groups -OCH3 is 1. The number of hydrogen-bond donors (Lipinski definition) is 1. The summed E-state index contributed by atoms with van der Waals surface area (Å²) in [6.45, 7) is 0. The van der Waals surface area contributed by atoms with Crippen LogP contribution in [0, 0.1) is 0 Å². The minimum absolute atomic E-state index is 0.0689. The first-order valence-electron chi connectivity index (χ1n) is 8.67. The van der Waals surface area contributed by atoms with Crippen molar-refractivity contribution in [3.63, 3.8) is 0 Å². The normalized spacial score (nSPS) is 11.6. The van der Waals surface area contributed by atoms with Crippen LogP contribution in [-0.2, 0) is 10.0 Å². The van der Waals surface area contributed by atoms with E-state index < -0.39 is 10.0 Å². The van der Waals surface area contributed by atoms with Gasteiger partial charge in [0.05, 0.1) is 27.9 Å². The lowest BCUT2D eigenvalue weighted by Gasteiger charge is -2.11. The van der Waals surface area contributed by atoms with Gasteiger partial charge in [0.1, 0.15) is 5.75 Å².